The molecule has 3 rings (SSSR count). The van der Waals surface area contributed by atoms with Crippen LogP contribution in [0.2, 0.25) is 0 Å². The van der Waals surface area contributed by atoms with Crippen LogP contribution >= 0.6 is 15.9 Å². The van der Waals surface area contributed by atoms with Gasteiger partial charge >= 0.3 is 0 Å². The maximum Gasteiger partial charge on any atom is 0.248 e. The highest BCUT2D eigenvalue weighted by molar-refractivity contribution is 9.10. The summed E-state index contributed by atoms with van der Waals surface area (Å²) in [5.74, 6) is -0.0596. The van der Waals surface area contributed by atoms with Gasteiger partial charge in [-0.25, -0.2) is 8.42 Å². The smallest absolute Gasteiger partial charge is 0.248 e. The van der Waals surface area contributed by atoms with E-state index in [1.807, 2.05) is 24.3 Å². The molecule has 1 aliphatic heterocycles. The molecule has 1 saturated heterocycles. The monoisotopic (exact) mass is 478 g/mol. The fourth-order valence-corrected chi connectivity index (χ4v) is 5.18. The number of halogens is 1. The van der Waals surface area contributed by atoms with Crippen LogP contribution < -0.4 is 10.1 Å². The molecule has 0 saturated carbocycles. The van der Waals surface area contributed by atoms with Crippen LogP contribution in [-0.4, -0.2) is 38.3 Å². The quantitative estimate of drug-likeness (QED) is 0.602. The number of hydrogen-bond acceptors (Lipinski definition) is 4. The molecular formula is C21H23BrN2O4S. The Kier molecular flexibility index (Phi) is 7.10. The fraction of sp³-hybridized carbons (Fsp3) is 0.286. The van der Waals surface area contributed by atoms with Crippen LogP contribution in [0.4, 0.5) is 5.69 Å². The van der Waals surface area contributed by atoms with E-state index in [-0.39, 0.29) is 10.8 Å². The molecule has 0 atom stereocenters. The van der Waals surface area contributed by atoms with E-state index >= 15 is 0 Å². The summed E-state index contributed by atoms with van der Waals surface area (Å²) in [6.45, 7) is 3.15. The minimum absolute atomic E-state index is 0.0776. The lowest BCUT2D eigenvalue weighted by Gasteiger charge is -2.19. The molecule has 6 nitrogen and oxygen atoms in total. The van der Waals surface area contributed by atoms with E-state index in [0.29, 0.717) is 31.1 Å². The van der Waals surface area contributed by atoms with E-state index < -0.39 is 10.0 Å². The van der Waals surface area contributed by atoms with Crippen molar-refractivity contribution in [3.63, 3.8) is 0 Å². The molecule has 2 aromatic rings. The number of nitrogens with zero attached hydrogens (tertiary/aromatic N) is 1. The van der Waals surface area contributed by atoms with Crippen LogP contribution in [0, 0.1) is 0 Å². The molecular weight excluding hydrogens is 456 g/mol. The predicted molar refractivity (Wildman–Crippen MR) is 117 cm³/mol. The molecule has 29 heavy (non-hydrogen) atoms. The van der Waals surface area contributed by atoms with Gasteiger partial charge in [-0.3, -0.25) is 4.79 Å². The zero-order valence-corrected chi connectivity index (χ0v) is 18.5. The zero-order valence-electron chi connectivity index (χ0n) is 16.1. The number of amides is 1. The van der Waals surface area contributed by atoms with Crippen LogP contribution in [0.15, 0.2) is 57.9 Å². The largest absolute Gasteiger partial charge is 0.492 e. The molecule has 1 N–H and O–H groups in total. The van der Waals surface area contributed by atoms with Gasteiger partial charge in [0.2, 0.25) is 15.9 Å². The van der Waals surface area contributed by atoms with Gasteiger partial charge in [0, 0.05) is 29.3 Å². The highest BCUT2D eigenvalue weighted by Crippen LogP contribution is 2.31. The Morgan fingerprint density at radius 2 is 1.93 bits per heavy atom. The molecule has 1 amide bonds. The summed E-state index contributed by atoms with van der Waals surface area (Å²) in [5, 5.41) is 2.72. The number of hydrogen-bond donors (Lipinski definition) is 1. The number of nitrogens with one attached hydrogen (secondary N) is 1. The second kappa shape index (κ2) is 9.56. The minimum atomic E-state index is -3.68. The van der Waals surface area contributed by atoms with E-state index in [4.69, 9.17) is 4.74 Å². The van der Waals surface area contributed by atoms with E-state index in [9.17, 15) is 13.2 Å². The summed E-state index contributed by atoms with van der Waals surface area (Å²) in [5.41, 5.74) is 1.26. The molecule has 1 heterocycles. The second-order valence-corrected chi connectivity index (χ2v) is 9.31. The lowest BCUT2D eigenvalue weighted by molar-refractivity contribution is -0.111. The summed E-state index contributed by atoms with van der Waals surface area (Å²) in [6, 6.07) is 12.2. The minimum Gasteiger partial charge on any atom is -0.492 e. The van der Waals surface area contributed by atoms with Crippen LogP contribution in [0.3, 0.4) is 0 Å². The molecule has 0 spiro atoms. The summed E-state index contributed by atoms with van der Waals surface area (Å²) in [4.78, 5) is 12.4. The number of anilines is 1. The SMILES string of the molecule is CCOc1ccc(NC(=O)/C=C/c2ccccc2Br)cc1S(=O)(=O)N1CCCC1. The molecule has 1 fully saturated rings. The Labute approximate surface area is 179 Å². The first-order chi connectivity index (χ1) is 13.9. The van der Waals surface area contributed by atoms with Crippen LogP contribution in [-0.2, 0) is 14.8 Å². The van der Waals surface area contributed by atoms with Gasteiger partial charge in [0.25, 0.3) is 0 Å². The first-order valence-corrected chi connectivity index (χ1v) is 11.7. The van der Waals surface area contributed by atoms with Crippen LogP contribution in [0.25, 0.3) is 6.08 Å². The lowest BCUT2D eigenvalue weighted by atomic mass is 10.2. The summed E-state index contributed by atoms with van der Waals surface area (Å²) in [7, 11) is -3.68. The number of rotatable bonds is 7. The van der Waals surface area contributed by atoms with E-state index in [0.717, 1.165) is 22.9 Å². The topological polar surface area (TPSA) is 75.7 Å². The van der Waals surface area contributed by atoms with Gasteiger partial charge in [-0.1, -0.05) is 34.1 Å². The average Bonchev–Trinajstić information content (AvgIpc) is 3.24. The fourth-order valence-electron chi connectivity index (χ4n) is 3.09. The Morgan fingerprint density at radius 1 is 1.21 bits per heavy atom. The first-order valence-electron chi connectivity index (χ1n) is 9.42. The molecule has 2 aromatic carbocycles. The molecule has 154 valence electrons. The zero-order chi connectivity index (χ0) is 20.9. The Bertz CT molecular complexity index is 1020. The Morgan fingerprint density at radius 3 is 2.62 bits per heavy atom. The van der Waals surface area contributed by atoms with Gasteiger partial charge in [0.15, 0.2) is 0 Å². The van der Waals surface area contributed by atoms with Crippen LogP contribution in [0.1, 0.15) is 25.3 Å². The van der Waals surface area contributed by atoms with Crippen molar-refractivity contribution in [1.29, 1.82) is 0 Å². The molecule has 0 aliphatic carbocycles. The van der Waals surface area contributed by atoms with Crippen molar-refractivity contribution in [3.05, 3.63) is 58.6 Å². The van der Waals surface area contributed by atoms with Crippen molar-refractivity contribution in [2.45, 2.75) is 24.7 Å². The van der Waals surface area contributed by atoms with Crippen molar-refractivity contribution in [2.24, 2.45) is 0 Å². The summed E-state index contributed by atoms with van der Waals surface area (Å²) < 4.78 is 33.9. The Hall–Kier alpha value is -2.16. The second-order valence-electron chi connectivity index (χ2n) is 6.55. The van der Waals surface area contributed by atoms with E-state index in [1.54, 1.807) is 25.1 Å². The first kappa shape index (κ1) is 21.5. The summed E-state index contributed by atoms with van der Waals surface area (Å²) >= 11 is 3.43. The third-order valence-electron chi connectivity index (χ3n) is 4.51. The van der Waals surface area contributed by atoms with Crippen molar-refractivity contribution >= 4 is 43.6 Å². The highest BCUT2D eigenvalue weighted by Gasteiger charge is 2.30. The normalized spacial score (nSPS) is 15.0. The number of sulfonamides is 1. The van der Waals surface area contributed by atoms with Crippen molar-refractivity contribution in [1.82, 2.24) is 4.31 Å². The third kappa shape index (κ3) is 5.26. The summed E-state index contributed by atoms with van der Waals surface area (Å²) in [6.07, 6.45) is 4.79. The molecule has 1 aliphatic rings. The maximum atomic E-state index is 13.0. The van der Waals surface area contributed by atoms with Gasteiger partial charge in [0.05, 0.1) is 6.61 Å². The van der Waals surface area contributed by atoms with Gasteiger partial charge in [0.1, 0.15) is 10.6 Å². The lowest BCUT2D eigenvalue weighted by Crippen LogP contribution is -2.28. The molecule has 0 bridgehead atoms. The van der Waals surface area contributed by atoms with Crippen molar-refractivity contribution < 1.29 is 17.9 Å². The number of carbonyl (C=O) groups excluding carboxylic acids is 1. The van der Waals surface area contributed by atoms with Gasteiger partial charge in [-0.15, -0.1) is 0 Å². The highest BCUT2D eigenvalue weighted by atomic mass is 79.9. The number of carbonyl (C=O) groups is 1. The Balaban J connectivity index is 1.83. The molecule has 8 heteroatoms. The van der Waals surface area contributed by atoms with Gasteiger partial charge < -0.3 is 10.1 Å². The van der Waals surface area contributed by atoms with Crippen LogP contribution in [0.5, 0.6) is 5.75 Å². The standard InChI is InChI=1S/C21H23BrN2O4S/c1-2-28-19-11-10-17(15-20(19)29(26,27)24-13-5-6-14-24)23-21(25)12-9-16-7-3-4-8-18(16)22/h3-4,7-12,15H,2,5-6,13-14H2,1H3,(H,23,25)/b12-9+. The molecule has 0 aromatic heterocycles. The van der Waals surface area contributed by atoms with Gasteiger partial charge in [-0.2, -0.15) is 4.31 Å². The van der Waals surface area contributed by atoms with E-state index in [1.165, 1.54) is 16.4 Å². The molecule has 0 unspecified atom stereocenters. The average molecular weight is 479 g/mol. The van der Waals surface area contributed by atoms with E-state index in [2.05, 4.69) is 21.2 Å². The van der Waals surface area contributed by atoms with Crippen molar-refractivity contribution in [3.8, 4) is 5.75 Å². The predicted octanol–water partition coefficient (Wildman–Crippen LogP) is 4.28. The third-order valence-corrected chi connectivity index (χ3v) is 7.16. The van der Waals surface area contributed by atoms with Gasteiger partial charge in [-0.05, 0) is 55.7 Å². The van der Waals surface area contributed by atoms with Crippen molar-refractivity contribution in [2.75, 3.05) is 25.0 Å². The number of benzene rings is 2. The number of ether oxygens (including phenoxy) is 1. The maximum absolute atomic E-state index is 13.0. The molecule has 0 radical (unpaired) electrons.